The molecule has 0 spiro atoms. The van der Waals surface area contributed by atoms with Crippen molar-refractivity contribution in [1.82, 2.24) is 15.3 Å². The summed E-state index contributed by atoms with van der Waals surface area (Å²) in [6.45, 7) is 5.96. The van der Waals surface area contributed by atoms with Gasteiger partial charge in [-0.15, -0.1) is 0 Å². The van der Waals surface area contributed by atoms with Gasteiger partial charge in [-0.1, -0.05) is 0 Å². The highest BCUT2D eigenvalue weighted by atomic mass is 19.1. The predicted molar refractivity (Wildman–Crippen MR) is 91.2 cm³/mol. The van der Waals surface area contributed by atoms with Gasteiger partial charge in [0.1, 0.15) is 17.6 Å². The highest BCUT2D eigenvalue weighted by Crippen LogP contribution is 2.26. The topological polar surface area (TPSA) is 70.6 Å². The smallest absolute Gasteiger partial charge is 0.407 e. The fraction of sp³-hybridized carbons (Fsp3) is 0.688. The minimum Gasteiger partial charge on any atom is -0.444 e. The van der Waals surface area contributed by atoms with Crippen molar-refractivity contribution in [2.24, 2.45) is 0 Å². The lowest BCUT2D eigenvalue weighted by Gasteiger charge is -2.27. The van der Waals surface area contributed by atoms with Crippen LogP contribution >= 0.6 is 0 Å². The Morgan fingerprint density at radius 1 is 1.50 bits per heavy atom. The minimum atomic E-state index is -0.951. The van der Waals surface area contributed by atoms with Gasteiger partial charge in [-0.3, -0.25) is 0 Å². The van der Waals surface area contributed by atoms with E-state index in [-0.39, 0.29) is 12.6 Å². The molecule has 0 aromatic carbocycles. The van der Waals surface area contributed by atoms with E-state index in [1.165, 1.54) is 0 Å². The summed E-state index contributed by atoms with van der Waals surface area (Å²) in [5.41, 5.74) is -0.560. The molecule has 1 amide bonds. The number of ether oxygens (including phenoxy) is 1. The number of carbonyl (C=O) groups excluding carboxylic acids is 1. The maximum absolute atomic E-state index is 13.9. The number of halogens is 1. The molecule has 2 atom stereocenters. The molecule has 1 aliphatic heterocycles. The van der Waals surface area contributed by atoms with Gasteiger partial charge in [0.25, 0.3) is 0 Å². The number of alkyl halides is 1. The Kier molecular flexibility index (Phi) is 5.46. The van der Waals surface area contributed by atoms with Gasteiger partial charge in [-0.05, 0) is 26.8 Å². The number of carbonyl (C=O) groups is 1. The van der Waals surface area contributed by atoms with Gasteiger partial charge in [0, 0.05) is 33.3 Å². The zero-order valence-electron chi connectivity index (χ0n) is 14.9. The van der Waals surface area contributed by atoms with Gasteiger partial charge >= 0.3 is 6.09 Å². The number of alkyl carbamates (subject to hydrolysis) is 1. The van der Waals surface area contributed by atoms with Gasteiger partial charge in [-0.2, -0.15) is 4.98 Å². The Bertz CT molecular complexity index is 576. The second-order valence-corrected chi connectivity index (χ2v) is 7.13. The van der Waals surface area contributed by atoms with E-state index in [1.54, 1.807) is 37.9 Å². The van der Waals surface area contributed by atoms with Crippen molar-refractivity contribution in [2.75, 3.05) is 37.0 Å². The van der Waals surface area contributed by atoms with Crippen molar-refractivity contribution >= 4 is 17.9 Å². The Morgan fingerprint density at radius 3 is 2.83 bits per heavy atom. The number of rotatable bonds is 4. The van der Waals surface area contributed by atoms with Crippen molar-refractivity contribution in [2.45, 2.75) is 45.0 Å². The molecule has 7 nitrogen and oxygen atoms in total. The lowest BCUT2D eigenvalue weighted by molar-refractivity contribution is 0.0524. The fourth-order valence-electron chi connectivity index (χ4n) is 2.56. The molecular formula is C16H26FN5O2. The van der Waals surface area contributed by atoms with E-state index in [0.717, 1.165) is 0 Å². The van der Waals surface area contributed by atoms with E-state index in [2.05, 4.69) is 15.3 Å². The number of hydrogen-bond acceptors (Lipinski definition) is 6. The van der Waals surface area contributed by atoms with E-state index in [0.29, 0.717) is 24.7 Å². The van der Waals surface area contributed by atoms with Crippen LogP contribution in [0.2, 0.25) is 0 Å². The molecule has 1 aromatic rings. The standard InChI is InChI=1S/C16H26FN5O2/c1-16(2,3)24-15(23)19-9-12-8-11(17)10-22(12)13-6-7-18-14(20-13)21(4)5/h6-7,11-12H,8-10H2,1-5H3,(H,19,23)/t11-,12-/m0/s1. The van der Waals surface area contributed by atoms with Crippen LogP contribution in [0.15, 0.2) is 12.3 Å². The molecule has 8 heteroatoms. The second-order valence-electron chi connectivity index (χ2n) is 7.13. The molecule has 1 saturated heterocycles. The monoisotopic (exact) mass is 339 g/mol. The minimum absolute atomic E-state index is 0.169. The molecule has 0 unspecified atom stereocenters. The van der Waals surface area contributed by atoms with Crippen LogP contribution in [0.3, 0.4) is 0 Å². The molecule has 1 aromatic heterocycles. The van der Waals surface area contributed by atoms with Crippen LogP contribution < -0.4 is 15.1 Å². The van der Waals surface area contributed by atoms with Crippen LogP contribution in [0.25, 0.3) is 0 Å². The molecule has 0 bridgehead atoms. The maximum Gasteiger partial charge on any atom is 0.407 e. The molecule has 1 N–H and O–H groups in total. The summed E-state index contributed by atoms with van der Waals surface area (Å²) in [5, 5.41) is 2.72. The summed E-state index contributed by atoms with van der Waals surface area (Å²) >= 11 is 0. The summed E-state index contributed by atoms with van der Waals surface area (Å²) in [5.74, 6) is 1.22. The van der Waals surface area contributed by atoms with Crippen molar-refractivity contribution in [3.63, 3.8) is 0 Å². The Hall–Kier alpha value is -2.12. The summed E-state index contributed by atoms with van der Waals surface area (Å²) in [6, 6.07) is 1.59. The molecule has 1 fully saturated rings. The van der Waals surface area contributed by atoms with Crippen LogP contribution in [0, 0.1) is 0 Å². The van der Waals surface area contributed by atoms with Crippen molar-refractivity contribution in [3.05, 3.63) is 12.3 Å². The molecule has 1 aliphatic rings. The number of anilines is 2. The Labute approximate surface area is 142 Å². The molecular weight excluding hydrogens is 313 g/mol. The zero-order chi connectivity index (χ0) is 17.9. The average Bonchev–Trinajstić information content (AvgIpc) is 2.84. The number of amides is 1. The largest absolute Gasteiger partial charge is 0.444 e. The van der Waals surface area contributed by atoms with Gasteiger partial charge in [0.05, 0.1) is 12.6 Å². The highest BCUT2D eigenvalue weighted by Gasteiger charge is 2.33. The summed E-state index contributed by atoms with van der Waals surface area (Å²) < 4.78 is 19.1. The third-order valence-corrected chi connectivity index (χ3v) is 3.57. The fourth-order valence-corrected chi connectivity index (χ4v) is 2.56. The molecule has 134 valence electrons. The third kappa shape index (κ3) is 4.94. The molecule has 0 aliphatic carbocycles. The average molecular weight is 339 g/mol. The number of aromatic nitrogens is 2. The first kappa shape index (κ1) is 18.2. The summed E-state index contributed by atoms with van der Waals surface area (Å²) in [6.07, 6.45) is 0.549. The molecule has 2 rings (SSSR count). The summed E-state index contributed by atoms with van der Waals surface area (Å²) in [4.78, 5) is 24.1. The second kappa shape index (κ2) is 7.19. The highest BCUT2D eigenvalue weighted by molar-refractivity contribution is 5.67. The van der Waals surface area contributed by atoms with Crippen LogP contribution in [-0.2, 0) is 4.74 Å². The predicted octanol–water partition coefficient (Wildman–Crippen LogP) is 1.98. The first-order chi connectivity index (χ1) is 11.2. The van der Waals surface area contributed by atoms with Gasteiger partial charge in [-0.25, -0.2) is 14.2 Å². The maximum atomic E-state index is 13.9. The lowest BCUT2D eigenvalue weighted by Crippen LogP contribution is -2.42. The lowest BCUT2D eigenvalue weighted by atomic mass is 10.2. The van der Waals surface area contributed by atoms with E-state index >= 15 is 0 Å². The van der Waals surface area contributed by atoms with Gasteiger partial charge in [0.2, 0.25) is 5.95 Å². The van der Waals surface area contributed by atoms with Crippen molar-refractivity contribution in [1.29, 1.82) is 0 Å². The third-order valence-electron chi connectivity index (χ3n) is 3.57. The van der Waals surface area contributed by atoms with Crippen molar-refractivity contribution in [3.8, 4) is 0 Å². The van der Waals surface area contributed by atoms with Crippen LogP contribution in [0.5, 0.6) is 0 Å². The number of nitrogens with one attached hydrogen (secondary N) is 1. The van der Waals surface area contributed by atoms with E-state index in [4.69, 9.17) is 4.74 Å². The summed E-state index contributed by atoms with van der Waals surface area (Å²) in [7, 11) is 3.70. The van der Waals surface area contributed by atoms with Crippen LogP contribution in [0.4, 0.5) is 21.0 Å². The Balaban J connectivity index is 2.04. The van der Waals surface area contributed by atoms with E-state index in [1.807, 2.05) is 19.0 Å². The number of hydrogen-bond donors (Lipinski definition) is 1. The molecule has 2 heterocycles. The normalized spacial score (nSPS) is 20.8. The SMILES string of the molecule is CN(C)c1nccc(N2C[C@@H](F)C[C@H]2CNC(=O)OC(C)(C)C)n1. The van der Waals surface area contributed by atoms with Gasteiger partial charge < -0.3 is 19.9 Å². The molecule has 0 saturated carbocycles. The van der Waals surface area contributed by atoms with E-state index < -0.39 is 17.9 Å². The number of nitrogens with zero attached hydrogens (tertiary/aromatic N) is 4. The van der Waals surface area contributed by atoms with Crippen molar-refractivity contribution < 1.29 is 13.9 Å². The van der Waals surface area contributed by atoms with Gasteiger partial charge in [0.15, 0.2) is 0 Å². The first-order valence-corrected chi connectivity index (χ1v) is 8.03. The van der Waals surface area contributed by atoms with Crippen LogP contribution in [0.1, 0.15) is 27.2 Å². The van der Waals surface area contributed by atoms with Crippen LogP contribution in [-0.4, -0.2) is 61.1 Å². The quantitative estimate of drug-likeness (QED) is 0.904. The molecule has 0 radical (unpaired) electrons. The zero-order valence-corrected chi connectivity index (χ0v) is 14.9. The molecule has 24 heavy (non-hydrogen) atoms. The van der Waals surface area contributed by atoms with E-state index in [9.17, 15) is 9.18 Å². The first-order valence-electron chi connectivity index (χ1n) is 8.03. The Morgan fingerprint density at radius 2 is 2.21 bits per heavy atom.